The van der Waals surface area contributed by atoms with Crippen LogP contribution in [0.25, 0.3) is 20.8 Å². The van der Waals surface area contributed by atoms with Crippen LogP contribution in [-0.2, 0) is 4.74 Å². The molecule has 4 saturated heterocycles. The molecule has 4 atom stereocenters. The molecule has 4 aromatic rings. The molecule has 0 amide bonds. The minimum atomic E-state index is 0.203. The van der Waals surface area contributed by atoms with Crippen LogP contribution < -0.4 is 15.1 Å². The Morgan fingerprint density at radius 2 is 1.88 bits per heavy atom. The van der Waals surface area contributed by atoms with E-state index in [0.717, 1.165) is 96.1 Å². The van der Waals surface area contributed by atoms with Gasteiger partial charge in [0, 0.05) is 80.6 Å². The summed E-state index contributed by atoms with van der Waals surface area (Å²) in [5.41, 5.74) is 2.88. The molecule has 0 aromatic carbocycles. The molecule has 0 spiro atoms. The fraction of sp³-hybridized carbons (Fsp3) is 0.483. The second-order valence-electron chi connectivity index (χ2n) is 11.6. The minimum Gasteiger partial charge on any atom is -0.395 e. The molecule has 0 radical (unpaired) electrons. The molecular weight excluding hydrogens is 538 g/mol. The zero-order valence-corrected chi connectivity index (χ0v) is 23.8. The number of anilines is 4. The quantitative estimate of drug-likeness (QED) is 0.341. The third kappa shape index (κ3) is 4.78. The summed E-state index contributed by atoms with van der Waals surface area (Å²) < 4.78 is 7.04. The third-order valence-corrected chi connectivity index (χ3v) is 9.79. The number of likely N-dealkylation sites (tertiary alicyclic amines) is 1. The SMILES string of the molecule is Cc1cc(Nc2cc3nc(-c4ccnc(N5CC6CCC(C5)O6)c4)sc3cn2)nc(N2C[C@@H]3C[C@H]2CN3CCO)n1. The lowest BCUT2D eigenvalue weighted by Gasteiger charge is -2.34. The number of nitrogens with one attached hydrogen (secondary N) is 1. The number of nitrogens with zero attached hydrogens (tertiary/aromatic N) is 8. The van der Waals surface area contributed by atoms with E-state index in [0.29, 0.717) is 30.1 Å². The van der Waals surface area contributed by atoms with Crippen LogP contribution >= 0.6 is 11.3 Å². The Morgan fingerprint density at radius 3 is 2.68 bits per heavy atom. The smallest absolute Gasteiger partial charge is 0.227 e. The van der Waals surface area contributed by atoms with Crippen LogP contribution in [0.3, 0.4) is 0 Å². The summed E-state index contributed by atoms with van der Waals surface area (Å²) in [6.07, 6.45) is 7.78. The number of hydrogen-bond donors (Lipinski definition) is 2. The molecule has 4 aliphatic heterocycles. The number of rotatable bonds is 7. The van der Waals surface area contributed by atoms with Crippen molar-refractivity contribution < 1.29 is 9.84 Å². The molecule has 2 unspecified atom stereocenters. The van der Waals surface area contributed by atoms with Crippen molar-refractivity contribution in [3.63, 3.8) is 0 Å². The lowest BCUT2D eigenvalue weighted by Crippen LogP contribution is -2.47. The van der Waals surface area contributed by atoms with Crippen LogP contribution in [-0.4, -0.2) is 98.5 Å². The molecule has 11 nitrogen and oxygen atoms in total. The van der Waals surface area contributed by atoms with Crippen molar-refractivity contribution in [2.75, 3.05) is 54.4 Å². The fourth-order valence-electron chi connectivity index (χ4n) is 6.83. The molecule has 0 aliphatic carbocycles. The predicted molar refractivity (Wildman–Crippen MR) is 159 cm³/mol. The topological polar surface area (TPSA) is 116 Å². The van der Waals surface area contributed by atoms with Gasteiger partial charge in [-0.2, -0.15) is 4.98 Å². The van der Waals surface area contributed by atoms with E-state index in [1.807, 2.05) is 37.5 Å². The fourth-order valence-corrected chi connectivity index (χ4v) is 7.74. The Morgan fingerprint density at radius 1 is 1.00 bits per heavy atom. The number of pyridine rings is 2. The normalized spacial score (nSPS) is 25.5. The summed E-state index contributed by atoms with van der Waals surface area (Å²) >= 11 is 1.64. The molecule has 2 N–H and O–H groups in total. The number of β-amino-alcohol motifs (C(OH)–C–C–N with tert-alkyl or cyclic N) is 1. The van der Waals surface area contributed by atoms with Gasteiger partial charge >= 0.3 is 0 Å². The van der Waals surface area contributed by atoms with Crippen LogP contribution in [0, 0.1) is 6.92 Å². The lowest BCUT2D eigenvalue weighted by molar-refractivity contribution is 0.0302. The molecule has 4 aromatic heterocycles. The first-order valence-corrected chi connectivity index (χ1v) is 15.3. The van der Waals surface area contributed by atoms with E-state index in [1.165, 1.54) is 0 Å². The second-order valence-corrected chi connectivity index (χ2v) is 12.6. The average molecular weight is 572 g/mol. The Labute approximate surface area is 242 Å². The number of thiazole rings is 1. The Bertz CT molecular complexity index is 1590. The molecule has 12 heteroatoms. The van der Waals surface area contributed by atoms with Gasteiger partial charge in [-0.15, -0.1) is 11.3 Å². The van der Waals surface area contributed by atoms with Crippen molar-refractivity contribution >= 4 is 45.0 Å². The van der Waals surface area contributed by atoms with Crippen LogP contribution in [0.2, 0.25) is 0 Å². The van der Waals surface area contributed by atoms with E-state index < -0.39 is 0 Å². The maximum absolute atomic E-state index is 9.35. The third-order valence-electron chi connectivity index (χ3n) is 8.73. The molecule has 4 fully saturated rings. The largest absolute Gasteiger partial charge is 0.395 e. The molecule has 41 heavy (non-hydrogen) atoms. The highest BCUT2D eigenvalue weighted by Gasteiger charge is 2.44. The van der Waals surface area contributed by atoms with Gasteiger partial charge in [0.25, 0.3) is 0 Å². The summed E-state index contributed by atoms with van der Waals surface area (Å²) in [5, 5.41) is 13.7. The Kier molecular flexibility index (Phi) is 6.24. The first-order valence-electron chi connectivity index (χ1n) is 14.5. The summed E-state index contributed by atoms with van der Waals surface area (Å²) in [6.45, 7) is 6.57. The zero-order valence-electron chi connectivity index (χ0n) is 23.0. The van der Waals surface area contributed by atoms with E-state index in [2.05, 4.69) is 36.1 Å². The summed E-state index contributed by atoms with van der Waals surface area (Å²) in [4.78, 5) is 30.9. The van der Waals surface area contributed by atoms with E-state index >= 15 is 0 Å². The number of ether oxygens (including phenoxy) is 1. The van der Waals surface area contributed by atoms with E-state index in [9.17, 15) is 5.11 Å². The Hall–Kier alpha value is -3.45. The monoisotopic (exact) mass is 571 g/mol. The highest BCUT2D eigenvalue weighted by atomic mass is 32.1. The van der Waals surface area contributed by atoms with Gasteiger partial charge in [-0.1, -0.05) is 0 Å². The molecule has 4 aliphatic rings. The number of piperazine rings is 1. The van der Waals surface area contributed by atoms with Crippen LogP contribution in [0.4, 0.5) is 23.4 Å². The maximum atomic E-state index is 9.35. The lowest BCUT2D eigenvalue weighted by atomic mass is 10.2. The highest BCUT2D eigenvalue weighted by molar-refractivity contribution is 7.21. The number of aromatic nitrogens is 5. The van der Waals surface area contributed by atoms with Gasteiger partial charge in [0.05, 0.1) is 29.0 Å². The summed E-state index contributed by atoms with van der Waals surface area (Å²) in [7, 11) is 0. The van der Waals surface area contributed by atoms with Crippen molar-refractivity contribution in [3.8, 4) is 10.6 Å². The molecular formula is C29H33N9O2S. The molecule has 4 bridgehead atoms. The number of aryl methyl sites for hydroxylation is 1. The minimum absolute atomic E-state index is 0.203. The molecule has 8 rings (SSSR count). The van der Waals surface area contributed by atoms with E-state index in [1.54, 1.807) is 11.3 Å². The van der Waals surface area contributed by atoms with Crippen LogP contribution in [0.5, 0.6) is 0 Å². The van der Waals surface area contributed by atoms with Gasteiger partial charge < -0.3 is 25.0 Å². The van der Waals surface area contributed by atoms with Gasteiger partial charge in [-0.3, -0.25) is 4.90 Å². The first-order chi connectivity index (χ1) is 20.1. The first kappa shape index (κ1) is 25.3. The Balaban J connectivity index is 1.01. The summed E-state index contributed by atoms with van der Waals surface area (Å²) in [5.74, 6) is 3.17. The summed E-state index contributed by atoms with van der Waals surface area (Å²) in [6, 6.07) is 8.95. The van der Waals surface area contributed by atoms with Gasteiger partial charge in [0.2, 0.25) is 5.95 Å². The zero-order chi connectivity index (χ0) is 27.5. The number of aliphatic hydroxyl groups is 1. The van der Waals surface area contributed by atoms with Crippen molar-refractivity contribution in [1.29, 1.82) is 0 Å². The average Bonchev–Trinajstić information content (AvgIpc) is 3.76. The van der Waals surface area contributed by atoms with Gasteiger partial charge in [0.1, 0.15) is 22.5 Å². The van der Waals surface area contributed by atoms with Gasteiger partial charge in [0.15, 0.2) is 0 Å². The number of hydrogen-bond acceptors (Lipinski definition) is 12. The van der Waals surface area contributed by atoms with E-state index in [4.69, 9.17) is 19.7 Å². The van der Waals surface area contributed by atoms with Crippen molar-refractivity contribution in [3.05, 3.63) is 42.4 Å². The van der Waals surface area contributed by atoms with Crippen molar-refractivity contribution in [1.82, 2.24) is 29.8 Å². The standard InChI is InChI=1S/C29H33N9O2S/c1-17-8-26(35-29(32-17)38-14-19-10-20(38)13-36(19)6-7-39)34-25-11-23-24(12-31-25)41-28(33-23)18-4-5-30-27(9-18)37-15-21-2-3-22(16-37)40-21/h4-5,8-9,11-12,19-22,39H,2-3,6-7,10,13-16H2,1H3,(H,31,32,34,35)/t19-,20-,21?,22?/m0/s1. The van der Waals surface area contributed by atoms with Crippen LogP contribution in [0.1, 0.15) is 25.0 Å². The van der Waals surface area contributed by atoms with Crippen molar-refractivity contribution in [2.24, 2.45) is 0 Å². The van der Waals surface area contributed by atoms with E-state index in [-0.39, 0.29) is 6.61 Å². The maximum Gasteiger partial charge on any atom is 0.227 e. The molecule has 8 heterocycles. The number of fused-ring (bicyclic) bond motifs is 5. The number of morpholine rings is 1. The number of aliphatic hydroxyl groups excluding tert-OH is 1. The predicted octanol–water partition coefficient (Wildman–Crippen LogP) is 3.22. The van der Waals surface area contributed by atoms with Gasteiger partial charge in [-0.05, 0) is 38.3 Å². The van der Waals surface area contributed by atoms with Crippen LogP contribution in [0.15, 0.2) is 36.7 Å². The highest BCUT2D eigenvalue weighted by Crippen LogP contribution is 2.35. The molecule has 0 saturated carbocycles. The molecule has 212 valence electrons. The second kappa shape index (κ2) is 10.1. The van der Waals surface area contributed by atoms with Crippen molar-refractivity contribution in [2.45, 2.75) is 50.5 Å². The van der Waals surface area contributed by atoms with Gasteiger partial charge in [-0.25, -0.2) is 19.9 Å².